The molecular formula is C37H42O8. The lowest BCUT2D eigenvalue weighted by molar-refractivity contribution is -0.137. The van der Waals surface area contributed by atoms with Crippen LogP contribution < -0.4 is 14.2 Å². The lowest BCUT2D eigenvalue weighted by Crippen LogP contribution is -2.10. The van der Waals surface area contributed by atoms with Gasteiger partial charge in [0.2, 0.25) is 0 Å². The Balaban J connectivity index is 1.46. The average Bonchev–Trinajstić information content (AvgIpc) is 3.07. The van der Waals surface area contributed by atoms with Gasteiger partial charge < -0.3 is 18.9 Å². The summed E-state index contributed by atoms with van der Waals surface area (Å²) in [6, 6.07) is 17.4. The van der Waals surface area contributed by atoms with E-state index in [1.165, 1.54) is 0 Å². The van der Waals surface area contributed by atoms with E-state index < -0.39 is 11.9 Å². The van der Waals surface area contributed by atoms with E-state index in [1.54, 1.807) is 36.4 Å². The van der Waals surface area contributed by atoms with Gasteiger partial charge in [0.05, 0.1) is 36.5 Å². The van der Waals surface area contributed by atoms with Crippen molar-refractivity contribution in [2.24, 2.45) is 0 Å². The number of aldehydes is 2. The number of esters is 2. The van der Waals surface area contributed by atoms with Gasteiger partial charge in [-0.15, -0.1) is 0 Å². The van der Waals surface area contributed by atoms with Crippen molar-refractivity contribution in [3.05, 3.63) is 101 Å². The minimum absolute atomic E-state index is 0.186. The Hall–Kier alpha value is -4.72. The third-order valence-corrected chi connectivity index (χ3v) is 7.12. The maximum atomic E-state index is 12.8. The van der Waals surface area contributed by atoms with Crippen LogP contribution in [0.5, 0.6) is 17.2 Å². The van der Waals surface area contributed by atoms with Gasteiger partial charge in [-0.05, 0) is 105 Å². The van der Waals surface area contributed by atoms with E-state index in [0.717, 1.165) is 68.4 Å². The second-order valence-electron chi connectivity index (χ2n) is 10.6. The first kappa shape index (κ1) is 34.8. The van der Waals surface area contributed by atoms with Crippen molar-refractivity contribution in [2.45, 2.75) is 64.7 Å². The molecule has 0 aliphatic heterocycles. The summed E-state index contributed by atoms with van der Waals surface area (Å²) in [4.78, 5) is 47.2. The number of carbonyl (C=O) groups is 4. The van der Waals surface area contributed by atoms with Crippen LogP contribution in [0.3, 0.4) is 0 Å². The summed E-state index contributed by atoms with van der Waals surface area (Å²) in [5, 5.41) is 0. The topological polar surface area (TPSA) is 105 Å². The SMILES string of the molecule is C=CC(=O)OCCCCCCOc1ccc(C(=O)Oc2ccc(CCc3ccc(OCCCCC)c(C=O)c3)cc2C=O)cc1. The standard InChI is InChI=1S/C37H42O8/c1-3-5-8-22-43-34-19-13-28(24-31(34)26-38)11-12-29-14-20-35(32(25-29)27-39)45-37(41)30-15-17-33(18-16-30)42-21-9-6-7-10-23-44-36(40)4-2/h4,13-20,24-27H,2-3,5-12,21-23H2,1H3. The second kappa shape index (κ2) is 19.5. The van der Waals surface area contributed by atoms with Gasteiger partial charge in [-0.25, -0.2) is 9.59 Å². The average molecular weight is 615 g/mol. The van der Waals surface area contributed by atoms with E-state index in [1.807, 2.05) is 24.3 Å². The van der Waals surface area contributed by atoms with Crippen molar-refractivity contribution in [3.63, 3.8) is 0 Å². The second-order valence-corrected chi connectivity index (χ2v) is 10.6. The molecule has 8 heteroatoms. The number of carbonyl (C=O) groups excluding carboxylic acids is 4. The smallest absolute Gasteiger partial charge is 0.343 e. The third kappa shape index (κ3) is 12.1. The molecule has 8 nitrogen and oxygen atoms in total. The number of rotatable bonds is 21. The van der Waals surface area contributed by atoms with E-state index in [4.69, 9.17) is 18.9 Å². The number of aryl methyl sites for hydroxylation is 2. The van der Waals surface area contributed by atoms with Crippen LogP contribution in [0.4, 0.5) is 0 Å². The fourth-order valence-electron chi connectivity index (χ4n) is 4.56. The van der Waals surface area contributed by atoms with E-state index in [2.05, 4.69) is 13.5 Å². The third-order valence-electron chi connectivity index (χ3n) is 7.12. The highest BCUT2D eigenvalue weighted by atomic mass is 16.5. The predicted molar refractivity (Wildman–Crippen MR) is 173 cm³/mol. The van der Waals surface area contributed by atoms with Crippen LogP contribution in [0.2, 0.25) is 0 Å². The zero-order valence-corrected chi connectivity index (χ0v) is 26.0. The van der Waals surface area contributed by atoms with E-state index in [-0.39, 0.29) is 11.3 Å². The number of ether oxygens (including phenoxy) is 4. The monoisotopic (exact) mass is 614 g/mol. The minimum atomic E-state index is -0.576. The maximum Gasteiger partial charge on any atom is 0.343 e. The Labute approximate surface area is 265 Å². The first-order chi connectivity index (χ1) is 22.0. The molecule has 0 unspecified atom stereocenters. The van der Waals surface area contributed by atoms with Crippen molar-refractivity contribution in [1.82, 2.24) is 0 Å². The van der Waals surface area contributed by atoms with Crippen molar-refractivity contribution >= 4 is 24.5 Å². The van der Waals surface area contributed by atoms with E-state index in [9.17, 15) is 19.2 Å². The molecule has 0 radical (unpaired) electrons. The zero-order valence-electron chi connectivity index (χ0n) is 26.0. The molecule has 0 aromatic heterocycles. The summed E-state index contributed by atoms with van der Waals surface area (Å²) in [7, 11) is 0. The summed E-state index contributed by atoms with van der Waals surface area (Å²) in [6.07, 6.45) is 10.6. The molecule has 0 N–H and O–H groups in total. The van der Waals surface area contributed by atoms with Crippen molar-refractivity contribution < 1.29 is 38.1 Å². The molecule has 0 fully saturated rings. The Kier molecular flexibility index (Phi) is 15.1. The highest BCUT2D eigenvalue weighted by Gasteiger charge is 2.13. The molecule has 0 aliphatic carbocycles. The van der Waals surface area contributed by atoms with Crippen LogP contribution in [0.15, 0.2) is 73.3 Å². The van der Waals surface area contributed by atoms with Crippen molar-refractivity contribution in [2.75, 3.05) is 19.8 Å². The summed E-state index contributed by atoms with van der Waals surface area (Å²) >= 11 is 0. The molecule has 0 heterocycles. The predicted octanol–water partition coefficient (Wildman–Crippen LogP) is 7.55. The highest BCUT2D eigenvalue weighted by Crippen LogP contribution is 2.24. The molecule has 238 valence electrons. The molecule has 0 amide bonds. The number of unbranched alkanes of at least 4 members (excludes halogenated alkanes) is 5. The molecule has 0 atom stereocenters. The van der Waals surface area contributed by atoms with E-state index in [0.29, 0.717) is 61.6 Å². The molecule has 0 saturated heterocycles. The van der Waals surface area contributed by atoms with E-state index >= 15 is 0 Å². The highest BCUT2D eigenvalue weighted by molar-refractivity contribution is 5.92. The molecule has 45 heavy (non-hydrogen) atoms. The summed E-state index contributed by atoms with van der Waals surface area (Å²) in [5.74, 6) is 0.435. The molecule has 3 aromatic rings. The molecule has 0 aliphatic rings. The zero-order chi connectivity index (χ0) is 32.3. The van der Waals surface area contributed by atoms with Crippen LogP contribution >= 0.6 is 0 Å². The Bertz CT molecular complexity index is 1410. The Morgan fingerprint density at radius 1 is 0.689 bits per heavy atom. The maximum absolute atomic E-state index is 12.8. The Morgan fingerprint density at radius 3 is 1.89 bits per heavy atom. The van der Waals surface area contributed by atoms with Gasteiger partial charge in [-0.3, -0.25) is 9.59 Å². The molecule has 3 aromatic carbocycles. The fourth-order valence-corrected chi connectivity index (χ4v) is 4.56. The fraction of sp³-hybridized carbons (Fsp3) is 0.351. The van der Waals surface area contributed by atoms with Crippen molar-refractivity contribution in [1.29, 1.82) is 0 Å². The Morgan fingerprint density at radius 2 is 1.27 bits per heavy atom. The molecule has 0 bridgehead atoms. The normalized spacial score (nSPS) is 10.5. The van der Waals surface area contributed by atoms with Gasteiger partial charge in [0, 0.05) is 6.08 Å². The molecule has 0 spiro atoms. The summed E-state index contributed by atoms with van der Waals surface area (Å²) in [6.45, 7) is 6.99. The van der Waals surface area contributed by atoms with Crippen LogP contribution in [-0.4, -0.2) is 44.3 Å². The van der Waals surface area contributed by atoms with Gasteiger partial charge in [0.1, 0.15) is 17.2 Å². The van der Waals surface area contributed by atoms with Gasteiger partial charge >= 0.3 is 11.9 Å². The number of benzene rings is 3. The number of hydrogen-bond acceptors (Lipinski definition) is 8. The van der Waals surface area contributed by atoms with Crippen molar-refractivity contribution in [3.8, 4) is 17.2 Å². The first-order valence-corrected chi connectivity index (χ1v) is 15.5. The van der Waals surface area contributed by atoms with Crippen LogP contribution in [-0.2, 0) is 22.4 Å². The van der Waals surface area contributed by atoms with Gasteiger partial charge in [0.15, 0.2) is 12.6 Å². The van der Waals surface area contributed by atoms with Gasteiger partial charge in [-0.1, -0.05) is 38.5 Å². The lowest BCUT2D eigenvalue weighted by atomic mass is 10.0. The summed E-state index contributed by atoms with van der Waals surface area (Å²) < 4.78 is 22.0. The molecular weight excluding hydrogens is 572 g/mol. The molecule has 0 saturated carbocycles. The lowest BCUT2D eigenvalue weighted by Gasteiger charge is -2.11. The quantitative estimate of drug-likeness (QED) is 0.0398. The number of hydrogen-bond donors (Lipinski definition) is 0. The van der Waals surface area contributed by atoms with Gasteiger partial charge in [-0.2, -0.15) is 0 Å². The van der Waals surface area contributed by atoms with Crippen LogP contribution in [0, 0.1) is 0 Å². The van der Waals surface area contributed by atoms with Gasteiger partial charge in [0.25, 0.3) is 0 Å². The largest absolute Gasteiger partial charge is 0.494 e. The molecule has 3 rings (SSSR count). The summed E-state index contributed by atoms with van der Waals surface area (Å²) in [5.41, 5.74) is 3.03. The van der Waals surface area contributed by atoms with Crippen LogP contribution in [0.1, 0.15) is 94.1 Å². The van der Waals surface area contributed by atoms with Crippen LogP contribution in [0.25, 0.3) is 0 Å². The first-order valence-electron chi connectivity index (χ1n) is 15.5. The minimum Gasteiger partial charge on any atom is -0.494 e.